The van der Waals surface area contributed by atoms with E-state index < -0.39 is 0 Å². The highest BCUT2D eigenvalue weighted by Crippen LogP contribution is 2.42. The number of nitrogens with one attached hydrogen (secondary N) is 1. The summed E-state index contributed by atoms with van der Waals surface area (Å²) in [5.74, 6) is 1.50. The molecule has 2 aliphatic rings. The molecule has 6 nitrogen and oxygen atoms in total. The summed E-state index contributed by atoms with van der Waals surface area (Å²) >= 11 is 1.87. The van der Waals surface area contributed by atoms with Gasteiger partial charge in [-0.05, 0) is 25.3 Å². The molecule has 2 aromatic heterocycles. The van der Waals surface area contributed by atoms with Crippen LogP contribution >= 0.6 is 11.3 Å². The van der Waals surface area contributed by atoms with Crippen molar-refractivity contribution in [1.82, 2.24) is 20.2 Å². The van der Waals surface area contributed by atoms with Crippen LogP contribution in [0.2, 0.25) is 0 Å². The number of aromatic nitrogens is 2. The van der Waals surface area contributed by atoms with E-state index in [-0.39, 0.29) is 12.0 Å². The Balaban J connectivity index is 1.28. The number of hydrogen-bond acceptors (Lipinski definition) is 6. The van der Waals surface area contributed by atoms with Crippen LogP contribution in [-0.4, -0.2) is 40.0 Å². The van der Waals surface area contributed by atoms with Crippen molar-refractivity contribution in [3.63, 3.8) is 0 Å². The van der Waals surface area contributed by atoms with Crippen LogP contribution in [0.4, 0.5) is 0 Å². The molecule has 138 valence electrons. The average Bonchev–Trinajstić information content (AvgIpc) is 3.22. The molecule has 1 saturated heterocycles. The van der Waals surface area contributed by atoms with Gasteiger partial charge in [-0.2, -0.15) is 0 Å². The zero-order chi connectivity index (χ0) is 17.9. The minimum atomic E-state index is -0.0579. The molecular formula is C19H24N4O2S. The Kier molecular flexibility index (Phi) is 5.17. The third-order valence-electron chi connectivity index (χ3n) is 4.72. The van der Waals surface area contributed by atoms with Crippen LogP contribution in [0.3, 0.4) is 0 Å². The van der Waals surface area contributed by atoms with Gasteiger partial charge in [0.15, 0.2) is 0 Å². The number of pyridine rings is 1. The lowest BCUT2D eigenvalue weighted by atomic mass is 10.3. The summed E-state index contributed by atoms with van der Waals surface area (Å²) in [5, 5.41) is 4.08. The first kappa shape index (κ1) is 17.4. The lowest BCUT2D eigenvalue weighted by molar-refractivity contribution is -0.119. The van der Waals surface area contributed by atoms with E-state index >= 15 is 0 Å². The number of nitrogens with zero attached hydrogens (tertiary/aromatic N) is 3. The second-order valence-electron chi connectivity index (χ2n) is 7.10. The molecule has 0 spiro atoms. The van der Waals surface area contributed by atoms with E-state index in [1.54, 1.807) is 6.20 Å². The summed E-state index contributed by atoms with van der Waals surface area (Å²) in [5.41, 5.74) is 0.810. The molecule has 0 aromatic carbocycles. The molecule has 4 rings (SSSR count). The van der Waals surface area contributed by atoms with Crippen LogP contribution in [0.15, 0.2) is 24.5 Å². The van der Waals surface area contributed by atoms with Gasteiger partial charge in [-0.1, -0.05) is 0 Å². The van der Waals surface area contributed by atoms with Crippen molar-refractivity contribution >= 4 is 17.2 Å². The van der Waals surface area contributed by atoms with Gasteiger partial charge >= 0.3 is 0 Å². The second-order valence-corrected chi connectivity index (χ2v) is 8.24. The predicted molar refractivity (Wildman–Crippen MR) is 100 cm³/mol. The molecule has 1 aliphatic heterocycles. The predicted octanol–water partition coefficient (Wildman–Crippen LogP) is 2.70. The summed E-state index contributed by atoms with van der Waals surface area (Å²) in [6, 6.07) is 3.79. The lowest BCUT2D eigenvalue weighted by Crippen LogP contribution is -2.24. The van der Waals surface area contributed by atoms with Gasteiger partial charge in [0.25, 0.3) is 0 Å². The Morgan fingerprint density at radius 1 is 1.38 bits per heavy atom. The van der Waals surface area contributed by atoms with E-state index in [9.17, 15) is 4.79 Å². The summed E-state index contributed by atoms with van der Waals surface area (Å²) < 4.78 is 6.14. The van der Waals surface area contributed by atoms with Gasteiger partial charge in [-0.3, -0.25) is 14.7 Å². The van der Waals surface area contributed by atoms with Crippen molar-refractivity contribution < 1.29 is 9.53 Å². The summed E-state index contributed by atoms with van der Waals surface area (Å²) in [6.45, 7) is 4.88. The number of amides is 1. The highest BCUT2D eigenvalue weighted by atomic mass is 32.1. The standard InChI is InChI=1S/C19H24N4O2S/c1-13(24)21-9-15-8-16(4-6-20-15)25-17-5-7-23(11-17)12-18-10-22-19(26-18)14-2-3-14/h4,6,8,10,14,17H,2-3,5,7,9,11-12H2,1H3,(H,21,24). The number of carbonyl (C=O) groups excluding carboxylic acids is 1. The normalized spacial score (nSPS) is 20.3. The van der Waals surface area contributed by atoms with Crippen LogP contribution in [0.5, 0.6) is 5.75 Å². The molecule has 1 saturated carbocycles. The Morgan fingerprint density at radius 2 is 2.27 bits per heavy atom. The highest BCUT2D eigenvalue weighted by molar-refractivity contribution is 7.11. The fraction of sp³-hybridized carbons (Fsp3) is 0.526. The van der Waals surface area contributed by atoms with Crippen LogP contribution in [0, 0.1) is 0 Å². The van der Waals surface area contributed by atoms with Crippen LogP contribution in [-0.2, 0) is 17.9 Å². The minimum Gasteiger partial charge on any atom is -0.489 e. The van der Waals surface area contributed by atoms with Crippen LogP contribution in [0.1, 0.15) is 47.7 Å². The zero-order valence-corrected chi connectivity index (χ0v) is 15.8. The fourth-order valence-corrected chi connectivity index (χ4v) is 4.33. The summed E-state index contributed by atoms with van der Waals surface area (Å²) in [4.78, 5) is 23.7. The van der Waals surface area contributed by atoms with Crippen molar-refractivity contribution in [3.05, 3.63) is 40.1 Å². The average molecular weight is 372 g/mol. The van der Waals surface area contributed by atoms with Crippen molar-refractivity contribution in [2.45, 2.75) is 51.3 Å². The number of ether oxygens (including phenoxy) is 1. The van der Waals surface area contributed by atoms with E-state index in [4.69, 9.17) is 4.74 Å². The van der Waals surface area contributed by atoms with E-state index in [1.807, 2.05) is 29.7 Å². The molecule has 2 fully saturated rings. The van der Waals surface area contributed by atoms with Gasteiger partial charge in [-0.15, -0.1) is 11.3 Å². The van der Waals surface area contributed by atoms with Gasteiger partial charge < -0.3 is 10.1 Å². The van der Waals surface area contributed by atoms with E-state index in [0.29, 0.717) is 6.54 Å². The Hall–Kier alpha value is -1.99. The lowest BCUT2D eigenvalue weighted by Gasteiger charge is -2.16. The minimum absolute atomic E-state index is 0.0579. The Labute approximate surface area is 157 Å². The van der Waals surface area contributed by atoms with E-state index in [1.165, 1.54) is 29.7 Å². The molecule has 1 amide bonds. The molecule has 1 aliphatic carbocycles. The number of carbonyl (C=O) groups is 1. The van der Waals surface area contributed by atoms with Crippen molar-refractivity contribution in [2.24, 2.45) is 0 Å². The third kappa shape index (κ3) is 4.59. The molecule has 0 radical (unpaired) electrons. The molecule has 3 heterocycles. The van der Waals surface area contributed by atoms with Gasteiger partial charge in [0.1, 0.15) is 11.9 Å². The first-order valence-electron chi connectivity index (χ1n) is 9.18. The monoisotopic (exact) mass is 372 g/mol. The van der Waals surface area contributed by atoms with Gasteiger partial charge in [0.2, 0.25) is 5.91 Å². The maximum Gasteiger partial charge on any atom is 0.217 e. The highest BCUT2D eigenvalue weighted by Gasteiger charge is 2.28. The zero-order valence-electron chi connectivity index (χ0n) is 15.0. The number of rotatable bonds is 7. The van der Waals surface area contributed by atoms with E-state index in [0.717, 1.165) is 43.4 Å². The van der Waals surface area contributed by atoms with Crippen molar-refractivity contribution in [2.75, 3.05) is 13.1 Å². The first-order valence-corrected chi connectivity index (χ1v) is 10.0. The molecule has 1 atom stereocenters. The maximum atomic E-state index is 11.0. The van der Waals surface area contributed by atoms with Crippen molar-refractivity contribution in [3.8, 4) is 5.75 Å². The molecule has 1 N–H and O–H groups in total. The summed E-state index contributed by atoms with van der Waals surface area (Å²) in [6.07, 6.45) is 7.61. The van der Waals surface area contributed by atoms with Crippen LogP contribution < -0.4 is 10.1 Å². The molecule has 2 aromatic rings. The van der Waals surface area contributed by atoms with Crippen LogP contribution in [0.25, 0.3) is 0 Å². The molecule has 0 bridgehead atoms. The smallest absolute Gasteiger partial charge is 0.217 e. The number of likely N-dealkylation sites (tertiary alicyclic amines) is 1. The number of thiazole rings is 1. The SMILES string of the molecule is CC(=O)NCc1cc(OC2CCN(Cc3cnc(C4CC4)s3)C2)ccn1. The largest absolute Gasteiger partial charge is 0.489 e. The van der Waals surface area contributed by atoms with Gasteiger partial charge in [0.05, 0.1) is 17.2 Å². The molecule has 7 heteroatoms. The molecule has 1 unspecified atom stereocenters. The third-order valence-corrected chi connectivity index (χ3v) is 5.86. The quantitative estimate of drug-likeness (QED) is 0.809. The topological polar surface area (TPSA) is 67.3 Å². The Bertz CT molecular complexity index is 774. The Morgan fingerprint density at radius 3 is 3.08 bits per heavy atom. The second kappa shape index (κ2) is 7.72. The maximum absolute atomic E-state index is 11.0. The number of hydrogen-bond donors (Lipinski definition) is 1. The fourth-order valence-electron chi connectivity index (χ4n) is 3.21. The molecular weight excluding hydrogens is 348 g/mol. The summed E-state index contributed by atoms with van der Waals surface area (Å²) in [7, 11) is 0. The van der Waals surface area contributed by atoms with E-state index in [2.05, 4.69) is 20.2 Å². The van der Waals surface area contributed by atoms with Crippen molar-refractivity contribution in [1.29, 1.82) is 0 Å². The van der Waals surface area contributed by atoms with Gasteiger partial charge in [-0.25, -0.2) is 4.98 Å². The first-order chi connectivity index (χ1) is 12.7. The van der Waals surface area contributed by atoms with Gasteiger partial charge in [0, 0.05) is 55.8 Å². The molecule has 26 heavy (non-hydrogen) atoms.